The lowest BCUT2D eigenvalue weighted by Crippen LogP contribution is -2.30. The molecule has 0 unspecified atom stereocenters. The van der Waals surface area contributed by atoms with Gasteiger partial charge in [-0.15, -0.1) is 0 Å². The normalized spacial score (nSPS) is 10.2. The Morgan fingerprint density at radius 3 is 2.95 bits per heavy atom. The first-order valence-electron chi connectivity index (χ1n) is 6.22. The van der Waals surface area contributed by atoms with Crippen LogP contribution in [0.3, 0.4) is 0 Å². The van der Waals surface area contributed by atoms with Crippen molar-refractivity contribution in [1.29, 1.82) is 0 Å². The van der Waals surface area contributed by atoms with Crippen LogP contribution in [-0.2, 0) is 4.79 Å². The number of hydrogen-bond acceptors (Lipinski definition) is 6. The van der Waals surface area contributed by atoms with Gasteiger partial charge in [-0.05, 0) is 19.1 Å². The van der Waals surface area contributed by atoms with Crippen molar-refractivity contribution in [3.05, 3.63) is 35.6 Å². The zero-order valence-corrected chi connectivity index (χ0v) is 11.8. The minimum Gasteiger partial charge on any atom is -0.303 e. The number of aromatic nitrogens is 2. The first kappa shape index (κ1) is 14.3. The molecule has 2 aromatic rings. The lowest BCUT2D eigenvalue weighted by molar-refractivity contribution is -0.118. The SMILES string of the molecule is CCN(C(=O)CCN=O)c1cnc(-c2cccnc2)s1. The van der Waals surface area contributed by atoms with Crippen molar-refractivity contribution in [3.63, 3.8) is 0 Å². The number of pyridine rings is 1. The summed E-state index contributed by atoms with van der Waals surface area (Å²) in [6, 6.07) is 3.76. The lowest BCUT2D eigenvalue weighted by atomic mass is 10.3. The standard InChI is InChI=1S/C13H14N4O2S/c1-2-17(11(18)5-7-16-19)12-9-15-13(20-12)10-4-3-6-14-8-10/h3-4,6,8-9H,2,5,7H2,1H3. The minimum absolute atomic E-state index is 0.00357. The second-order valence-corrected chi connectivity index (χ2v) is 5.00. The van der Waals surface area contributed by atoms with Gasteiger partial charge in [-0.3, -0.25) is 9.78 Å². The average Bonchev–Trinajstić information content (AvgIpc) is 2.96. The number of carbonyl (C=O) groups excluding carboxylic acids is 1. The van der Waals surface area contributed by atoms with E-state index in [1.165, 1.54) is 11.3 Å². The highest BCUT2D eigenvalue weighted by atomic mass is 32.1. The van der Waals surface area contributed by atoms with Gasteiger partial charge >= 0.3 is 0 Å². The lowest BCUT2D eigenvalue weighted by Gasteiger charge is -2.17. The van der Waals surface area contributed by atoms with E-state index in [4.69, 9.17) is 0 Å². The maximum absolute atomic E-state index is 12.0. The molecule has 0 aliphatic carbocycles. The zero-order valence-electron chi connectivity index (χ0n) is 11.0. The first-order chi connectivity index (χ1) is 9.76. The van der Waals surface area contributed by atoms with Crippen molar-refractivity contribution in [1.82, 2.24) is 9.97 Å². The Bertz CT molecular complexity index is 585. The number of carbonyl (C=O) groups is 1. The largest absolute Gasteiger partial charge is 0.303 e. The molecule has 0 spiro atoms. The van der Waals surface area contributed by atoms with Crippen molar-refractivity contribution in [2.45, 2.75) is 13.3 Å². The second-order valence-electron chi connectivity index (χ2n) is 3.99. The van der Waals surface area contributed by atoms with Crippen LogP contribution in [0, 0.1) is 4.91 Å². The van der Waals surface area contributed by atoms with Gasteiger partial charge in [-0.25, -0.2) is 4.98 Å². The quantitative estimate of drug-likeness (QED) is 0.766. The third-order valence-corrected chi connectivity index (χ3v) is 3.77. The van der Waals surface area contributed by atoms with Gasteiger partial charge in [0.1, 0.15) is 10.0 Å². The van der Waals surface area contributed by atoms with Crippen LogP contribution in [0.15, 0.2) is 35.9 Å². The Morgan fingerprint density at radius 2 is 2.30 bits per heavy atom. The predicted octanol–water partition coefficient (Wildman–Crippen LogP) is 2.71. The Balaban J connectivity index is 2.18. The molecule has 2 rings (SSSR count). The molecule has 0 atom stereocenters. The van der Waals surface area contributed by atoms with E-state index in [2.05, 4.69) is 15.1 Å². The van der Waals surface area contributed by atoms with E-state index in [1.807, 2.05) is 19.1 Å². The number of rotatable bonds is 6. The van der Waals surface area contributed by atoms with Crippen molar-refractivity contribution in [2.75, 3.05) is 18.0 Å². The molecule has 6 nitrogen and oxygen atoms in total. The van der Waals surface area contributed by atoms with Gasteiger partial charge in [-0.1, -0.05) is 16.5 Å². The van der Waals surface area contributed by atoms with Crippen molar-refractivity contribution in [3.8, 4) is 10.6 Å². The number of hydrogen-bond donors (Lipinski definition) is 0. The van der Waals surface area contributed by atoms with E-state index in [0.29, 0.717) is 6.54 Å². The van der Waals surface area contributed by atoms with Gasteiger partial charge in [0.15, 0.2) is 0 Å². The van der Waals surface area contributed by atoms with E-state index in [-0.39, 0.29) is 18.9 Å². The Hall–Kier alpha value is -2.15. The molecule has 0 bridgehead atoms. The van der Waals surface area contributed by atoms with E-state index < -0.39 is 0 Å². The minimum atomic E-state index is -0.117. The summed E-state index contributed by atoms with van der Waals surface area (Å²) in [4.78, 5) is 32.1. The van der Waals surface area contributed by atoms with E-state index >= 15 is 0 Å². The predicted molar refractivity (Wildman–Crippen MR) is 78.7 cm³/mol. The van der Waals surface area contributed by atoms with Gasteiger partial charge < -0.3 is 4.90 Å². The van der Waals surface area contributed by atoms with Gasteiger partial charge in [0.2, 0.25) is 5.91 Å². The number of thiazole rings is 1. The molecule has 20 heavy (non-hydrogen) atoms. The van der Waals surface area contributed by atoms with Crippen LogP contribution in [0.4, 0.5) is 5.00 Å². The van der Waals surface area contributed by atoms with Crippen LogP contribution in [0.5, 0.6) is 0 Å². The highest BCUT2D eigenvalue weighted by Crippen LogP contribution is 2.30. The molecular weight excluding hydrogens is 276 g/mol. The van der Waals surface area contributed by atoms with Crippen molar-refractivity contribution < 1.29 is 4.79 Å². The molecule has 0 saturated heterocycles. The molecule has 2 heterocycles. The molecule has 0 fully saturated rings. The molecule has 0 N–H and O–H groups in total. The van der Waals surface area contributed by atoms with Crippen LogP contribution in [0.2, 0.25) is 0 Å². The van der Waals surface area contributed by atoms with Gasteiger partial charge in [-0.2, -0.15) is 4.91 Å². The fourth-order valence-corrected chi connectivity index (χ4v) is 2.73. The third kappa shape index (κ3) is 3.24. The van der Waals surface area contributed by atoms with E-state index in [9.17, 15) is 9.70 Å². The Labute approximate surface area is 120 Å². The molecule has 0 aliphatic rings. The van der Waals surface area contributed by atoms with Gasteiger partial charge in [0, 0.05) is 24.5 Å². The maximum atomic E-state index is 12.0. The maximum Gasteiger partial charge on any atom is 0.229 e. The summed E-state index contributed by atoms with van der Waals surface area (Å²) in [5.41, 5.74) is 0.918. The van der Waals surface area contributed by atoms with Crippen LogP contribution >= 0.6 is 11.3 Å². The highest BCUT2D eigenvalue weighted by Gasteiger charge is 2.17. The summed E-state index contributed by atoms with van der Waals surface area (Å²) < 4.78 is 0. The highest BCUT2D eigenvalue weighted by molar-refractivity contribution is 7.19. The summed E-state index contributed by atoms with van der Waals surface area (Å²) in [5, 5.41) is 4.30. The molecule has 0 aromatic carbocycles. The van der Waals surface area contributed by atoms with Crippen LogP contribution < -0.4 is 4.90 Å². The smallest absolute Gasteiger partial charge is 0.229 e. The first-order valence-corrected chi connectivity index (χ1v) is 7.03. The number of nitrogens with zero attached hydrogens (tertiary/aromatic N) is 4. The van der Waals surface area contributed by atoms with Gasteiger partial charge in [0.05, 0.1) is 19.2 Å². The number of anilines is 1. The average molecular weight is 290 g/mol. The van der Waals surface area contributed by atoms with E-state index in [0.717, 1.165) is 15.6 Å². The molecule has 2 aromatic heterocycles. The zero-order chi connectivity index (χ0) is 14.4. The van der Waals surface area contributed by atoms with E-state index in [1.54, 1.807) is 23.5 Å². The Morgan fingerprint density at radius 1 is 1.45 bits per heavy atom. The molecular formula is C13H14N4O2S. The fourth-order valence-electron chi connectivity index (χ4n) is 1.74. The summed E-state index contributed by atoms with van der Waals surface area (Å²) in [7, 11) is 0. The summed E-state index contributed by atoms with van der Waals surface area (Å²) in [5.74, 6) is -0.117. The molecule has 0 radical (unpaired) electrons. The molecule has 1 amide bonds. The van der Waals surface area contributed by atoms with Gasteiger partial charge in [0.25, 0.3) is 0 Å². The third-order valence-electron chi connectivity index (χ3n) is 2.70. The molecule has 104 valence electrons. The monoisotopic (exact) mass is 290 g/mol. The molecule has 7 heteroatoms. The van der Waals surface area contributed by atoms with Crippen LogP contribution in [0.25, 0.3) is 10.6 Å². The summed E-state index contributed by atoms with van der Waals surface area (Å²) in [6.07, 6.45) is 5.23. The van der Waals surface area contributed by atoms with Crippen molar-refractivity contribution >= 4 is 22.2 Å². The molecule has 0 aliphatic heterocycles. The summed E-state index contributed by atoms with van der Waals surface area (Å²) in [6.45, 7) is 2.42. The second kappa shape index (κ2) is 6.85. The van der Waals surface area contributed by atoms with Crippen LogP contribution in [0.1, 0.15) is 13.3 Å². The number of amides is 1. The Kier molecular flexibility index (Phi) is 4.89. The summed E-state index contributed by atoms with van der Waals surface area (Å²) >= 11 is 1.43. The fraction of sp³-hybridized carbons (Fsp3) is 0.308. The topological polar surface area (TPSA) is 75.5 Å². The molecule has 0 saturated carbocycles. The number of nitroso groups, excluding NO2 is 1. The van der Waals surface area contributed by atoms with Crippen LogP contribution in [-0.4, -0.2) is 29.0 Å². The van der Waals surface area contributed by atoms with Crippen molar-refractivity contribution in [2.24, 2.45) is 5.18 Å².